The van der Waals surface area contributed by atoms with E-state index in [-0.39, 0.29) is 0 Å². The largest absolute Gasteiger partial charge is 0.480 e. The Bertz CT molecular complexity index is 494. The molecule has 1 unspecified atom stereocenters. The van der Waals surface area contributed by atoms with Crippen molar-refractivity contribution >= 4 is 23.4 Å². The van der Waals surface area contributed by atoms with E-state index in [9.17, 15) is 4.79 Å². The molecule has 1 rings (SSSR count). The van der Waals surface area contributed by atoms with Crippen LogP contribution >= 0.6 is 11.8 Å². The molecular weight excluding hydrogens is 248 g/mol. The average molecular weight is 262 g/mol. The van der Waals surface area contributed by atoms with Crippen molar-refractivity contribution in [3.63, 3.8) is 0 Å². The van der Waals surface area contributed by atoms with Gasteiger partial charge in [0.2, 0.25) is 0 Å². The number of carboxylic acid groups (broad SMARTS) is 1. The van der Waals surface area contributed by atoms with Crippen molar-refractivity contribution in [1.82, 2.24) is 0 Å². The molecule has 0 heterocycles. The summed E-state index contributed by atoms with van der Waals surface area (Å²) in [5.41, 5.74) is 1.01. The lowest BCUT2D eigenvalue weighted by Gasteiger charge is -2.16. The van der Waals surface area contributed by atoms with Gasteiger partial charge in [-0.15, -0.1) is 18.3 Å². The number of nitrogens with one attached hydrogen (secondary N) is 1. The Morgan fingerprint density at radius 3 is 2.94 bits per heavy atom. The van der Waals surface area contributed by atoms with Gasteiger partial charge in [-0.25, -0.2) is 4.79 Å². The van der Waals surface area contributed by atoms with Crippen LogP contribution in [-0.2, 0) is 4.79 Å². The Labute approximate surface area is 110 Å². The van der Waals surface area contributed by atoms with Crippen molar-refractivity contribution in [3.05, 3.63) is 36.4 Å². The summed E-state index contributed by atoms with van der Waals surface area (Å²) in [6.07, 6.45) is 3.71. The first-order chi connectivity index (χ1) is 8.63. The van der Waals surface area contributed by atoms with Gasteiger partial charge in [-0.2, -0.15) is 5.26 Å². The molecule has 0 aliphatic carbocycles. The summed E-state index contributed by atoms with van der Waals surface area (Å²) in [6, 6.07) is 6.66. The molecule has 0 radical (unpaired) electrons. The standard InChI is InChI=1S/C13H14N2O2S/c1-3-5-11(13(16)17)15-10-6-4-7-12(18-2)9(10)8-14/h3-4,6-7,11,15H,1,5H2,2H3,(H,16,17). The number of nitriles is 1. The van der Waals surface area contributed by atoms with Gasteiger partial charge in [-0.1, -0.05) is 12.1 Å². The molecule has 0 saturated carbocycles. The molecule has 2 N–H and O–H groups in total. The van der Waals surface area contributed by atoms with Crippen molar-refractivity contribution in [1.29, 1.82) is 5.26 Å². The van der Waals surface area contributed by atoms with E-state index in [2.05, 4.69) is 18.0 Å². The Morgan fingerprint density at radius 2 is 2.44 bits per heavy atom. The fourth-order valence-electron chi connectivity index (χ4n) is 1.51. The quantitative estimate of drug-likeness (QED) is 0.609. The maximum atomic E-state index is 11.0. The lowest BCUT2D eigenvalue weighted by Crippen LogP contribution is -2.28. The third-order valence-electron chi connectivity index (χ3n) is 2.39. The van der Waals surface area contributed by atoms with E-state index < -0.39 is 12.0 Å². The van der Waals surface area contributed by atoms with Crippen LogP contribution in [0.4, 0.5) is 5.69 Å². The van der Waals surface area contributed by atoms with Crippen LogP contribution in [0.25, 0.3) is 0 Å². The number of carboxylic acids is 1. The number of hydrogen-bond acceptors (Lipinski definition) is 4. The molecule has 0 spiro atoms. The summed E-state index contributed by atoms with van der Waals surface area (Å²) in [4.78, 5) is 11.9. The van der Waals surface area contributed by atoms with Crippen LogP contribution < -0.4 is 5.32 Å². The minimum atomic E-state index is -0.964. The molecular formula is C13H14N2O2S. The molecule has 0 amide bonds. The predicted octanol–water partition coefficient (Wildman–Crippen LogP) is 2.72. The molecule has 94 valence electrons. The number of rotatable bonds is 6. The van der Waals surface area contributed by atoms with E-state index >= 15 is 0 Å². The first kappa shape index (κ1) is 14.1. The molecule has 5 heteroatoms. The SMILES string of the molecule is C=CCC(Nc1cccc(SC)c1C#N)C(=O)O. The summed E-state index contributed by atoms with van der Waals surface area (Å²) in [6.45, 7) is 3.53. The van der Waals surface area contributed by atoms with E-state index in [0.717, 1.165) is 4.90 Å². The van der Waals surface area contributed by atoms with Crippen LogP contribution in [0, 0.1) is 11.3 Å². The van der Waals surface area contributed by atoms with Gasteiger partial charge in [0.15, 0.2) is 0 Å². The Morgan fingerprint density at radius 1 is 1.72 bits per heavy atom. The lowest BCUT2D eigenvalue weighted by atomic mass is 10.1. The molecule has 1 aromatic rings. The third kappa shape index (κ3) is 3.28. The zero-order valence-corrected chi connectivity index (χ0v) is 10.8. The summed E-state index contributed by atoms with van der Waals surface area (Å²) in [7, 11) is 0. The summed E-state index contributed by atoms with van der Waals surface area (Å²) in [5.74, 6) is -0.964. The molecule has 0 fully saturated rings. The number of benzene rings is 1. The van der Waals surface area contributed by atoms with Crippen LogP contribution in [-0.4, -0.2) is 23.4 Å². The average Bonchev–Trinajstić information content (AvgIpc) is 2.37. The highest BCUT2D eigenvalue weighted by atomic mass is 32.2. The van der Waals surface area contributed by atoms with Gasteiger partial charge >= 0.3 is 5.97 Å². The van der Waals surface area contributed by atoms with Gasteiger partial charge in [-0.05, 0) is 24.8 Å². The van der Waals surface area contributed by atoms with Crippen LogP contribution in [0.15, 0.2) is 35.7 Å². The number of thioether (sulfide) groups is 1. The Hall–Kier alpha value is -1.93. The van der Waals surface area contributed by atoms with Gasteiger partial charge in [0.1, 0.15) is 12.1 Å². The highest BCUT2D eigenvalue weighted by molar-refractivity contribution is 7.98. The van der Waals surface area contributed by atoms with Crippen molar-refractivity contribution in [2.45, 2.75) is 17.4 Å². The number of hydrogen-bond donors (Lipinski definition) is 2. The van der Waals surface area contributed by atoms with Gasteiger partial charge in [0.05, 0.1) is 11.3 Å². The van der Waals surface area contributed by atoms with E-state index in [1.165, 1.54) is 17.8 Å². The smallest absolute Gasteiger partial charge is 0.326 e. The normalized spacial score (nSPS) is 11.3. The van der Waals surface area contributed by atoms with Gasteiger partial charge in [0.25, 0.3) is 0 Å². The van der Waals surface area contributed by atoms with Crippen molar-refractivity contribution < 1.29 is 9.90 Å². The van der Waals surface area contributed by atoms with E-state index in [0.29, 0.717) is 17.7 Å². The highest BCUT2D eigenvalue weighted by Crippen LogP contribution is 2.27. The fraction of sp³-hybridized carbons (Fsp3) is 0.231. The molecule has 4 nitrogen and oxygen atoms in total. The second-order valence-corrected chi connectivity index (χ2v) is 4.40. The summed E-state index contributed by atoms with van der Waals surface area (Å²) < 4.78 is 0. The summed E-state index contributed by atoms with van der Waals surface area (Å²) >= 11 is 1.45. The highest BCUT2D eigenvalue weighted by Gasteiger charge is 2.17. The van der Waals surface area contributed by atoms with E-state index in [1.807, 2.05) is 12.3 Å². The molecule has 1 atom stereocenters. The van der Waals surface area contributed by atoms with Crippen molar-refractivity contribution in [2.75, 3.05) is 11.6 Å². The van der Waals surface area contributed by atoms with Crippen LogP contribution in [0.3, 0.4) is 0 Å². The van der Waals surface area contributed by atoms with Gasteiger partial charge in [0, 0.05) is 4.90 Å². The zero-order chi connectivity index (χ0) is 13.5. The Balaban J connectivity index is 3.06. The van der Waals surface area contributed by atoms with Gasteiger partial charge in [-0.3, -0.25) is 0 Å². The van der Waals surface area contributed by atoms with Crippen molar-refractivity contribution in [3.8, 4) is 6.07 Å². The van der Waals surface area contributed by atoms with Crippen molar-refractivity contribution in [2.24, 2.45) is 0 Å². The number of carbonyl (C=O) groups is 1. The minimum Gasteiger partial charge on any atom is -0.480 e. The maximum Gasteiger partial charge on any atom is 0.326 e. The molecule has 0 aliphatic rings. The van der Waals surface area contributed by atoms with Gasteiger partial charge < -0.3 is 10.4 Å². The Kier molecular flexibility index (Phi) is 5.28. The first-order valence-electron chi connectivity index (χ1n) is 5.31. The number of aliphatic carboxylic acids is 1. The lowest BCUT2D eigenvalue weighted by molar-refractivity contribution is -0.137. The van der Waals surface area contributed by atoms with Crippen LogP contribution in [0.1, 0.15) is 12.0 Å². The minimum absolute atomic E-state index is 0.295. The maximum absolute atomic E-state index is 11.0. The molecule has 0 aliphatic heterocycles. The topological polar surface area (TPSA) is 73.1 Å². The molecule has 0 bridgehead atoms. The number of anilines is 1. The molecule has 0 saturated heterocycles. The van der Waals surface area contributed by atoms with Crippen LogP contribution in [0.5, 0.6) is 0 Å². The first-order valence-corrected chi connectivity index (χ1v) is 6.53. The second kappa shape index (κ2) is 6.72. The third-order valence-corrected chi connectivity index (χ3v) is 3.17. The number of nitrogens with zero attached hydrogens (tertiary/aromatic N) is 1. The molecule has 0 aromatic heterocycles. The van der Waals surface area contributed by atoms with E-state index in [1.54, 1.807) is 12.1 Å². The van der Waals surface area contributed by atoms with E-state index in [4.69, 9.17) is 10.4 Å². The zero-order valence-electron chi connectivity index (χ0n) is 10.0. The second-order valence-electron chi connectivity index (χ2n) is 3.55. The van der Waals surface area contributed by atoms with Crippen LogP contribution in [0.2, 0.25) is 0 Å². The molecule has 1 aromatic carbocycles. The monoisotopic (exact) mass is 262 g/mol. The fourth-order valence-corrected chi connectivity index (χ4v) is 2.09. The molecule has 18 heavy (non-hydrogen) atoms. The summed E-state index contributed by atoms with van der Waals surface area (Å²) in [5, 5.41) is 21.1. The predicted molar refractivity (Wildman–Crippen MR) is 72.8 cm³/mol.